The first kappa shape index (κ1) is 20.5. The average Bonchev–Trinajstić information content (AvgIpc) is 2.95. The number of halogens is 1. The Balaban J connectivity index is 1.56. The molecule has 0 radical (unpaired) electrons. The maximum atomic E-state index is 11.5. The van der Waals surface area contributed by atoms with E-state index in [-0.39, 0.29) is 0 Å². The fraction of sp³-hybridized carbons (Fsp3) is 0.500. The zero-order valence-electron chi connectivity index (χ0n) is 17.7. The van der Waals surface area contributed by atoms with Crippen LogP contribution >= 0.6 is 11.6 Å². The SMILES string of the molecule is COc1cc(C2(O)C[C@H]3CC[C@@H](C2)N3Cc2ccc(OC)c(C)c2C)ccc1Cl. The number of ether oxygens (including phenoxy) is 2. The predicted molar refractivity (Wildman–Crippen MR) is 116 cm³/mol. The maximum absolute atomic E-state index is 11.5. The molecular formula is C24H30ClNO3. The molecule has 0 amide bonds. The summed E-state index contributed by atoms with van der Waals surface area (Å²) in [6, 6.07) is 10.7. The number of rotatable bonds is 5. The molecule has 0 aromatic heterocycles. The molecule has 4 nitrogen and oxygen atoms in total. The van der Waals surface area contributed by atoms with Crippen molar-refractivity contribution in [3.63, 3.8) is 0 Å². The van der Waals surface area contributed by atoms with Gasteiger partial charge in [-0.3, -0.25) is 4.90 Å². The number of nitrogens with zero attached hydrogens (tertiary/aromatic N) is 1. The minimum Gasteiger partial charge on any atom is -0.496 e. The van der Waals surface area contributed by atoms with Crippen LogP contribution in [0.4, 0.5) is 0 Å². The van der Waals surface area contributed by atoms with Crippen LogP contribution in [0.2, 0.25) is 5.02 Å². The number of piperidine rings is 1. The summed E-state index contributed by atoms with van der Waals surface area (Å²) in [6.45, 7) is 5.22. The van der Waals surface area contributed by atoms with E-state index >= 15 is 0 Å². The van der Waals surface area contributed by atoms with Gasteiger partial charge in [-0.15, -0.1) is 0 Å². The van der Waals surface area contributed by atoms with Gasteiger partial charge in [-0.25, -0.2) is 0 Å². The van der Waals surface area contributed by atoms with E-state index in [2.05, 4.69) is 30.9 Å². The van der Waals surface area contributed by atoms with Gasteiger partial charge in [0.15, 0.2) is 0 Å². The fourth-order valence-electron chi connectivity index (χ4n) is 5.20. The van der Waals surface area contributed by atoms with Gasteiger partial charge in [0.2, 0.25) is 0 Å². The third-order valence-electron chi connectivity index (χ3n) is 7.03. The molecule has 2 aromatic rings. The molecule has 0 aliphatic carbocycles. The molecule has 2 bridgehead atoms. The lowest BCUT2D eigenvalue weighted by Gasteiger charge is -2.44. The summed E-state index contributed by atoms with van der Waals surface area (Å²) in [7, 11) is 3.33. The molecule has 2 aliphatic rings. The number of methoxy groups -OCH3 is 2. The summed E-state index contributed by atoms with van der Waals surface area (Å²) in [4.78, 5) is 2.59. The Morgan fingerprint density at radius 1 is 1.00 bits per heavy atom. The van der Waals surface area contributed by atoms with Gasteiger partial charge in [-0.2, -0.15) is 0 Å². The number of hydrogen-bond acceptors (Lipinski definition) is 4. The lowest BCUT2D eigenvalue weighted by molar-refractivity contribution is -0.0596. The molecule has 5 heteroatoms. The Morgan fingerprint density at radius 3 is 2.28 bits per heavy atom. The third kappa shape index (κ3) is 3.63. The summed E-state index contributed by atoms with van der Waals surface area (Å²) in [5.74, 6) is 1.57. The first-order valence-electron chi connectivity index (χ1n) is 10.3. The minimum absolute atomic E-state index is 0.377. The molecule has 2 aliphatic heterocycles. The smallest absolute Gasteiger partial charge is 0.137 e. The number of benzene rings is 2. The number of fused-ring (bicyclic) bond motifs is 2. The monoisotopic (exact) mass is 415 g/mol. The molecule has 2 fully saturated rings. The van der Waals surface area contributed by atoms with Crippen LogP contribution in [-0.4, -0.2) is 36.3 Å². The Bertz CT molecular complexity index is 899. The molecule has 3 atom stereocenters. The topological polar surface area (TPSA) is 41.9 Å². The summed E-state index contributed by atoms with van der Waals surface area (Å²) in [5.41, 5.74) is 3.93. The molecule has 0 spiro atoms. The van der Waals surface area contributed by atoms with Gasteiger partial charge < -0.3 is 14.6 Å². The number of hydrogen-bond donors (Lipinski definition) is 1. The molecule has 1 N–H and O–H groups in total. The second kappa shape index (κ2) is 7.82. The lowest BCUT2D eigenvalue weighted by atomic mass is 9.80. The normalized spacial score (nSPS) is 26.6. The zero-order chi connectivity index (χ0) is 20.8. The van der Waals surface area contributed by atoms with Crippen LogP contribution in [0.25, 0.3) is 0 Å². The maximum Gasteiger partial charge on any atom is 0.137 e. The minimum atomic E-state index is -0.828. The van der Waals surface area contributed by atoms with Crippen molar-refractivity contribution in [1.29, 1.82) is 0 Å². The van der Waals surface area contributed by atoms with Crippen molar-refractivity contribution in [3.8, 4) is 11.5 Å². The Kier molecular flexibility index (Phi) is 5.54. The van der Waals surface area contributed by atoms with E-state index in [9.17, 15) is 5.11 Å². The van der Waals surface area contributed by atoms with Crippen molar-refractivity contribution >= 4 is 11.6 Å². The highest BCUT2D eigenvalue weighted by molar-refractivity contribution is 6.32. The van der Waals surface area contributed by atoms with Crippen molar-refractivity contribution in [1.82, 2.24) is 4.90 Å². The van der Waals surface area contributed by atoms with Gasteiger partial charge in [0.05, 0.1) is 24.8 Å². The molecule has 2 aromatic carbocycles. The van der Waals surface area contributed by atoms with Crippen molar-refractivity contribution in [2.24, 2.45) is 0 Å². The van der Waals surface area contributed by atoms with Crippen LogP contribution in [0, 0.1) is 13.8 Å². The van der Waals surface area contributed by atoms with E-state index in [1.807, 2.05) is 18.2 Å². The van der Waals surface area contributed by atoms with E-state index in [0.717, 1.165) is 43.5 Å². The summed E-state index contributed by atoms with van der Waals surface area (Å²) in [6.07, 6.45) is 3.74. The largest absolute Gasteiger partial charge is 0.496 e. The quantitative estimate of drug-likeness (QED) is 0.747. The summed E-state index contributed by atoms with van der Waals surface area (Å²) >= 11 is 6.19. The molecule has 29 heavy (non-hydrogen) atoms. The molecule has 0 saturated carbocycles. The second-order valence-electron chi connectivity index (χ2n) is 8.52. The van der Waals surface area contributed by atoms with Crippen LogP contribution in [0.5, 0.6) is 11.5 Å². The van der Waals surface area contributed by atoms with Gasteiger partial charge in [0.1, 0.15) is 11.5 Å². The van der Waals surface area contributed by atoms with E-state index < -0.39 is 5.60 Å². The van der Waals surface area contributed by atoms with Crippen LogP contribution in [0.1, 0.15) is 47.9 Å². The standard InChI is InChI=1S/C24H30ClNO3/c1-15-16(2)22(28-3)10-5-17(15)14-26-19-7-8-20(26)13-24(27,12-19)18-6-9-21(25)23(11-18)29-4/h5-6,9-11,19-20,27H,7-8,12-14H2,1-4H3/t19-,20+,24?. The van der Waals surface area contributed by atoms with Crippen LogP contribution in [0.3, 0.4) is 0 Å². The predicted octanol–water partition coefficient (Wildman–Crippen LogP) is 4.99. The van der Waals surface area contributed by atoms with Crippen LogP contribution < -0.4 is 9.47 Å². The lowest BCUT2D eigenvalue weighted by Crippen LogP contribution is -2.49. The highest BCUT2D eigenvalue weighted by Crippen LogP contribution is 2.47. The fourth-order valence-corrected chi connectivity index (χ4v) is 5.40. The Morgan fingerprint density at radius 2 is 1.66 bits per heavy atom. The molecule has 2 heterocycles. The zero-order valence-corrected chi connectivity index (χ0v) is 18.4. The van der Waals surface area contributed by atoms with Crippen molar-refractivity contribution in [3.05, 3.63) is 57.6 Å². The molecule has 4 rings (SSSR count). The van der Waals surface area contributed by atoms with Gasteiger partial charge in [-0.05, 0) is 80.0 Å². The van der Waals surface area contributed by atoms with Crippen LogP contribution in [-0.2, 0) is 12.1 Å². The summed E-state index contributed by atoms with van der Waals surface area (Å²) < 4.78 is 10.8. The van der Waals surface area contributed by atoms with Gasteiger partial charge >= 0.3 is 0 Å². The highest BCUT2D eigenvalue weighted by atomic mass is 35.5. The van der Waals surface area contributed by atoms with E-state index in [0.29, 0.717) is 22.9 Å². The second-order valence-corrected chi connectivity index (χ2v) is 8.93. The Hall–Kier alpha value is -1.75. The summed E-state index contributed by atoms with van der Waals surface area (Å²) in [5, 5.41) is 12.1. The first-order chi connectivity index (χ1) is 13.9. The van der Waals surface area contributed by atoms with Crippen molar-refractivity contribution in [2.75, 3.05) is 14.2 Å². The highest BCUT2D eigenvalue weighted by Gasteiger charge is 2.48. The first-order valence-corrected chi connectivity index (χ1v) is 10.7. The van der Waals surface area contributed by atoms with Gasteiger partial charge in [0, 0.05) is 18.6 Å². The Labute approximate surface area is 178 Å². The van der Waals surface area contributed by atoms with Crippen molar-refractivity contribution in [2.45, 2.75) is 63.8 Å². The van der Waals surface area contributed by atoms with E-state index in [4.69, 9.17) is 21.1 Å². The molecular weight excluding hydrogens is 386 g/mol. The third-order valence-corrected chi connectivity index (χ3v) is 7.34. The van der Waals surface area contributed by atoms with Gasteiger partial charge in [0.25, 0.3) is 0 Å². The average molecular weight is 416 g/mol. The van der Waals surface area contributed by atoms with Crippen molar-refractivity contribution < 1.29 is 14.6 Å². The molecule has 156 valence electrons. The molecule has 2 saturated heterocycles. The van der Waals surface area contributed by atoms with Gasteiger partial charge in [-0.1, -0.05) is 23.7 Å². The van der Waals surface area contributed by atoms with Crippen LogP contribution in [0.15, 0.2) is 30.3 Å². The number of aliphatic hydroxyl groups is 1. The van der Waals surface area contributed by atoms with E-state index in [1.54, 1.807) is 14.2 Å². The van der Waals surface area contributed by atoms with E-state index in [1.165, 1.54) is 16.7 Å². The molecule has 1 unspecified atom stereocenters.